The number of carbonyl (C=O) groups is 1. The second-order valence-corrected chi connectivity index (χ2v) is 6.27. The maximum Gasteiger partial charge on any atom is 0.255 e. The van der Waals surface area contributed by atoms with Crippen molar-refractivity contribution in [3.63, 3.8) is 0 Å². The van der Waals surface area contributed by atoms with E-state index in [1.54, 1.807) is 24.3 Å². The van der Waals surface area contributed by atoms with Crippen LogP contribution >= 0.6 is 11.6 Å². The molecule has 1 saturated heterocycles. The van der Waals surface area contributed by atoms with Gasteiger partial charge in [-0.15, -0.1) is 0 Å². The topological polar surface area (TPSA) is 32.3 Å². The molecule has 1 fully saturated rings. The van der Waals surface area contributed by atoms with E-state index in [1.165, 1.54) is 12.0 Å². The molecule has 3 nitrogen and oxygen atoms in total. The summed E-state index contributed by atoms with van der Waals surface area (Å²) in [5.41, 5.74) is 2.76. The molecule has 0 aromatic heterocycles. The van der Waals surface area contributed by atoms with Crippen LogP contribution in [-0.2, 0) is 0 Å². The number of amides is 1. The first kappa shape index (κ1) is 15.1. The highest BCUT2D eigenvalue weighted by Crippen LogP contribution is 2.27. The second kappa shape index (κ2) is 6.51. The summed E-state index contributed by atoms with van der Waals surface area (Å²) in [6.45, 7) is 2.26. The van der Waals surface area contributed by atoms with Crippen molar-refractivity contribution in [2.45, 2.75) is 12.3 Å². The summed E-state index contributed by atoms with van der Waals surface area (Å²) in [4.78, 5) is 14.5. The number of rotatable bonds is 3. The van der Waals surface area contributed by atoms with Gasteiger partial charge >= 0.3 is 0 Å². The average molecular weight is 315 g/mol. The van der Waals surface area contributed by atoms with Gasteiger partial charge in [-0.3, -0.25) is 4.79 Å². The van der Waals surface area contributed by atoms with Crippen LogP contribution in [0.15, 0.2) is 48.5 Å². The van der Waals surface area contributed by atoms with Gasteiger partial charge in [0.2, 0.25) is 0 Å². The van der Waals surface area contributed by atoms with Crippen LogP contribution in [-0.4, -0.2) is 30.9 Å². The summed E-state index contributed by atoms with van der Waals surface area (Å²) < 4.78 is 0. The Morgan fingerprint density at radius 1 is 1.14 bits per heavy atom. The highest BCUT2D eigenvalue weighted by atomic mass is 35.5. The molecular weight excluding hydrogens is 296 g/mol. The number of nitrogens with zero attached hydrogens (tertiary/aromatic N) is 1. The van der Waals surface area contributed by atoms with Gasteiger partial charge in [0.1, 0.15) is 0 Å². The first-order chi connectivity index (χ1) is 10.6. The van der Waals surface area contributed by atoms with Crippen molar-refractivity contribution in [3.8, 4) is 0 Å². The maximum absolute atomic E-state index is 12.1. The smallest absolute Gasteiger partial charge is 0.255 e. The number of likely N-dealkylation sites (tertiary alicyclic amines) is 1. The molecule has 1 amide bonds. The average Bonchev–Trinajstić information content (AvgIpc) is 2.95. The van der Waals surface area contributed by atoms with Crippen LogP contribution in [0.25, 0.3) is 0 Å². The molecule has 114 valence electrons. The van der Waals surface area contributed by atoms with Crippen molar-refractivity contribution in [1.29, 1.82) is 0 Å². The molecule has 22 heavy (non-hydrogen) atoms. The number of benzene rings is 2. The van der Waals surface area contributed by atoms with Gasteiger partial charge in [-0.1, -0.05) is 23.7 Å². The molecular formula is C18H19ClN2O. The molecule has 1 aliphatic rings. The number of hydrogen-bond donors (Lipinski definition) is 1. The Labute approximate surface area is 135 Å². The maximum atomic E-state index is 12.1. The summed E-state index contributed by atoms with van der Waals surface area (Å²) in [7, 11) is 2.15. The lowest BCUT2D eigenvalue weighted by Crippen LogP contribution is -2.13. The monoisotopic (exact) mass is 314 g/mol. The van der Waals surface area contributed by atoms with Gasteiger partial charge in [-0.25, -0.2) is 0 Å². The molecule has 1 N–H and O–H groups in total. The van der Waals surface area contributed by atoms with Gasteiger partial charge in [0.25, 0.3) is 5.91 Å². The summed E-state index contributed by atoms with van der Waals surface area (Å²) in [6, 6.07) is 15.1. The Morgan fingerprint density at radius 3 is 2.41 bits per heavy atom. The zero-order chi connectivity index (χ0) is 15.5. The van der Waals surface area contributed by atoms with Crippen LogP contribution in [0.3, 0.4) is 0 Å². The summed E-state index contributed by atoms with van der Waals surface area (Å²) in [6.07, 6.45) is 1.20. The van der Waals surface area contributed by atoms with Crippen LogP contribution in [0.5, 0.6) is 0 Å². The zero-order valence-electron chi connectivity index (χ0n) is 12.6. The van der Waals surface area contributed by atoms with E-state index in [9.17, 15) is 4.79 Å². The molecule has 0 saturated carbocycles. The van der Waals surface area contributed by atoms with Crippen LogP contribution in [0.1, 0.15) is 28.3 Å². The number of likely N-dealkylation sites (N-methyl/N-ethyl adjacent to an activating group) is 1. The molecule has 2 aromatic rings. The molecule has 1 aliphatic heterocycles. The van der Waals surface area contributed by atoms with Crippen molar-refractivity contribution in [3.05, 3.63) is 64.7 Å². The lowest BCUT2D eigenvalue weighted by atomic mass is 9.98. The van der Waals surface area contributed by atoms with Crippen molar-refractivity contribution in [1.82, 2.24) is 4.90 Å². The standard InChI is InChI=1S/C18H19ClN2O/c1-21-11-10-15(12-21)13-4-8-17(9-5-13)20-18(22)14-2-6-16(19)7-3-14/h2-9,15H,10-12H2,1H3,(H,20,22). The van der Waals surface area contributed by atoms with Crippen molar-refractivity contribution < 1.29 is 4.79 Å². The molecule has 2 aromatic carbocycles. The van der Waals surface area contributed by atoms with Gasteiger partial charge < -0.3 is 10.2 Å². The zero-order valence-corrected chi connectivity index (χ0v) is 13.3. The molecule has 1 atom stereocenters. The third kappa shape index (κ3) is 3.49. The van der Waals surface area contributed by atoms with E-state index in [0.717, 1.165) is 18.8 Å². The lowest BCUT2D eigenvalue weighted by molar-refractivity contribution is 0.102. The van der Waals surface area contributed by atoms with Crippen LogP contribution < -0.4 is 5.32 Å². The van der Waals surface area contributed by atoms with Crippen LogP contribution in [0.4, 0.5) is 5.69 Å². The first-order valence-corrected chi connectivity index (χ1v) is 7.85. The quantitative estimate of drug-likeness (QED) is 0.928. The predicted molar refractivity (Wildman–Crippen MR) is 90.7 cm³/mol. The Kier molecular flexibility index (Phi) is 4.46. The van der Waals surface area contributed by atoms with Gasteiger partial charge in [-0.2, -0.15) is 0 Å². The highest BCUT2D eigenvalue weighted by Gasteiger charge is 2.20. The first-order valence-electron chi connectivity index (χ1n) is 7.47. The van der Waals surface area contributed by atoms with E-state index >= 15 is 0 Å². The van der Waals surface area contributed by atoms with E-state index < -0.39 is 0 Å². The van der Waals surface area contributed by atoms with E-state index in [-0.39, 0.29) is 5.91 Å². The Balaban J connectivity index is 1.65. The molecule has 0 radical (unpaired) electrons. The van der Waals surface area contributed by atoms with E-state index in [4.69, 9.17) is 11.6 Å². The second-order valence-electron chi connectivity index (χ2n) is 5.83. The summed E-state index contributed by atoms with van der Waals surface area (Å²) in [5.74, 6) is 0.482. The van der Waals surface area contributed by atoms with Crippen LogP contribution in [0, 0.1) is 0 Å². The van der Waals surface area contributed by atoms with Gasteiger partial charge in [0.15, 0.2) is 0 Å². The van der Waals surface area contributed by atoms with E-state index in [0.29, 0.717) is 16.5 Å². The van der Waals surface area contributed by atoms with Crippen molar-refractivity contribution in [2.24, 2.45) is 0 Å². The third-order valence-electron chi connectivity index (χ3n) is 4.14. The minimum atomic E-state index is -0.120. The molecule has 0 aliphatic carbocycles. The summed E-state index contributed by atoms with van der Waals surface area (Å²) in [5, 5.41) is 3.54. The van der Waals surface area contributed by atoms with Gasteiger partial charge in [0.05, 0.1) is 0 Å². The molecule has 4 heteroatoms. The minimum Gasteiger partial charge on any atom is -0.322 e. The molecule has 0 spiro atoms. The Hall–Kier alpha value is -1.84. The molecule has 1 heterocycles. The number of hydrogen-bond acceptors (Lipinski definition) is 2. The number of carbonyl (C=O) groups excluding carboxylic acids is 1. The van der Waals surface area contributed by atoms with Crippen LogP contribution in [0.2, 0.25) is 5.02 Å². The fraction of sp³-hybridized carbons (Fsp3) is 0.278. The van der Waals surface area contributed by atoms with Crippen molar-refractivity contribution >= 4 is 23.2 Å². The van der Waals surface area contributed by atoms with E-state index in [2.05, 4.69) is 29.4 Å². The van der Waals surface area contributed by atoms with Gasteiger partial charge in [-0.05, 0) is 67.9 Å². The number of nitrogens with one attached hydrogen (secondary N) is 1. The normalized spacial score (nSPS) is 18.4. The predicted octanol–water partition coefficient (Wildman–Crippen LogP) is 4.01. The fourth-order valence-corrected chi connectivity index (χ4v) is 2.98. The Morgan fingerprint density at radius 2 is 1.82 bits per heavy atom. The van der Waals surface area contributed by atoms with Crippen molar-refractivity contribution in [2.75, 3.05) is 25.5 Å². The molecule has 0 bridgehead atoms. The molecule has 1 unspecified atom stereocenters. The Bertz CT molecular complexity index is 652. The lowest BCUT2D eigenvalue weighted by Gasteiger charge is -2.12. The highest BCUT2D eigenvalue weighted by molar-refractivity contribution is 6.30. The third-order valence-corrected chi connectivity index (χ3v) is 4.39. The summed E-state index contributed by atoms with van der Waals surface area (Å²) >= 11 is 5.83. The SMILES string of the molecule is CN1CCC(c2ccc(NC(=O)c3ccc(Cl)cc3)cc2)C1. The molecule has 3 rings (SSSR count). The van der Waals surface area contributed by atoms with E-state index in [1.807, 2.05) is 12.1 Å². The number of halogens is 1. The number of anilines is 1. The largest absolute Gasteiger partial charge is 0.322 e. The fourth-order valence-electron chi connectivity index (χ4n) is 2.85. The van der Waals surface area contributed by atoms with Gasteiger partial charge in [0, 0.05) is 22.8 Å². The minimum absolute atomic E-state index is 0.120.